The van der Waals surface area contributed by atoms with E-state index in [9.17, 15) is 33.9 Å². The molecular formula is C39H39ClN4O7S. The summed E-state index contributed by atoms with van der Waals surface area (Å²) in [5.41, 5.74) is 2.50. The first kappa shape index (κ1) is 37.9. The minimum Gasteiger partial charge on any atom is -0.481 e. The summed E-state index contributed by atoms with van der Waals surface area (Å²) >= 11 is 7.51. The Bertz CT molecular complexity index is 1870. The minimum absolute atomic E-state index is 0.0222. The van der Waals surface area contributed by atoms with E-state index in [4.69, 9.17) is 11.6 Å². The van der Waals surface area contributed by atoms with Gasteiger partial charge in [0.15, 0.2) is 5.78 Å². The van der Waals surface area contributed by atoms with Gasteiger partial charge < -0.3 is 26.4 Å². The van der Waals surface area contributed by atoms with Crippen molar-refractivity contribution in [2.45, 2.75) is 63.1 Å². The number of nitrogens with one attached hydrogen (secondary N) is 4. The van der Waals surface area contributed by atoms with Crippen LogP contribution in [0, 0.1) is 5.92 Å². The third-order valence-electron chi connectivity index (χ3n) is 8.71. The average molecular weight is 743 g/mol. The number of Topliss-reactive ketones (excluding diaryl/α,β-unsaturated/α-hetero) is 1. The van der Waals surface area contributed by atoms with Crippen LogP contribution in [0.15, 0.2) is 96.4 Å². The predicted molar refractivity (Wildman–Crippen MR) is 198 cm³/mol. The van der Waals surface area contributed by atoms with Crippen LogP contribution in [0.5, 0.6) is 0 Å². The molecule has 0 unspecified atom stereocenters. The number of carbonyl (C=O) groups is 6. The van der Waals surface area contributed by atoms with Crippen molar-refractivity contribution in [3.8, 4) is 0 Å². The zero-order valence-corrected chi connectivity index (χ0v) is 29.8. The molecule has 0 spiro atoms. The number of ketones is 1. The summed E-state index contributed by atoms with van der Waals surface area (Å²) in [6.45, 7) is 0. The minimum atomic E-state index is -1.20. The zero-order valence-electron chi connectivity index (χ0n) is 28.2. The Morgan fingerprint density at radius 1 is 0.673 bits per heavy atom. The number of amides is 4. The molecule has 4 aromatic rings. The first-order chi connectivity index (χ1) is 25.0. The molecule has 0 saturated carbocycles. The highest BCUT2D eigenvalue weighted by atomic mass is 35.5. The Kier molecular flexibility index (Phi) is 13.3. The molecule has 3 aromatic carbocycles. The lowest BCUT2D eigenvalue weighted by molar-refractivity contribution is -0.144. The normalized spacial score (nSPS) is 20.9. The lowest BCUT2D eigenvalue weighted by atomic mass is 9.90. The van der Waals surface area contributed by atoms with Gasteiger partial charge in [-0.2, -0.15) is 0 Å². The molecule has 13 heteroatoms. The van der Waals surface area contributed by atoms with Gasteiger partial charge in [0.25, 0.3) is 0 Å². The molecule has 2 aliphatic rings. The second kappa shape index (κ2) is 18.2. The number of fused-ring (bicyclic) bond motifs is 18. The number of halogens is 1. The summed E-state index contributed by atoms with van der Waals surface area (Å²) in [6.07, 6.45) is -0.448. The Morgan fingerprint density at radius 2 is 1.29 bits per heavy atom. The number of hydrogen-bond acceptors (Lipinski definition) is 7. The number of carboxylic acid groups (broad SMARTS) is 1. The fourth-order valence-corrected chi connectivity index (χ4v) is 6.78. The topological polar surface area (TPSA) is 171 Å². The van der Waals surface area contributed by atoms with Crippen LogP contribution in [0.1, 0.15) is 40.8 Å². The Hall–Kier alpha value is -5.33. The lowest BCUT2D eigenvalue weighted by Crippen LogP contribution is -2.57. The van der Waals surface area contributed by atoms with Crippen molar-refractivity contribution < 1.29 is 33.9 Å². The van der Waals surface area contributed by atoms with Crippen molar-refractivity contribution in [2.75, 3.05) is 5.32 Å². The van der Waals surface area contributed by atoms with Crippen molar-refractivity contribution in [1.82, 2.24) is 16.0 Å². The van der Waals surface area contributed by atoms with Crippen LogP contribution in [-0.4, -0.2) is 58.6 Å². The molecule has 0 fully saturated rings. The van der Waals surface area contributed by atoms with Gasteiger partial charge in [-0.25, -0.2) is 0 Å². The molecule has 5 N–H and O–H groups in total. The maximum atomic E-state index is 14.2. The molecule has 3 heterocycles. The molecule has 2 aliphatic heterocycles. The fraction of sp³-hybridized carbons (Fsp3) is 0.282. The van der Waals surface area contributed by atoms with E-state index in [0.29, 0.717) is 21.8 Å². The van der Waals surface area contributed by atoms with Gasteiger partial charge in [0.1, 0.15) is 12.1 Å². The van der Waals surface area contributed by atoms with E-state index < -0.39 is 59.4 Å². The molecule has 11 nitrogen and oxygen atoms in total. The second-order valence-electron chi connectivity index (χ2n) is 12.7. The number of carbonyl (C=O) groups excluding carboxylic acids is 5. The van der Waals surface area contributed by atoms with Gasteiger partial charge in [-0.3, -0.25) is 28.8 Å². The summed E-state index contributed by atoms with van der Waals surface area (Å²) in [5, 5.41) is 23.5. The highest BCUT2D eigenvalue weighted by Gasteiger charge is 2.32. The van der Waals surface area contributed by atoms with Crippen LogP contribution in [0.3, 0.4) is 0 Å². The molecule has 0 saturated heterocycles. The van der Waals surface area contributed by atoms with E-state index in [0.717, 1.165) is 10.4 Å². The standard InChI is InChI=1S/C39H39ClN4O7S/c40-28-12-8-26(9-13-28)21-32-37(48)43-31(20-24-5-2-1-3-6-24)34(45)22-27(39(50)51)19-25-10-14-29(15-11-25)41-35(46)16-17-36(47)42-33(38(49)44-32)23-30-7-4-18-52-30/h1-15,18,27,31-33H,16-17,19-23H2,(H,41,46)(H,42,47)(H,43,48)(H,44,49)(H,50,51)/t27-,31-,32+,33-/m1/s1. The largest absolute Gasteiger partial charge is 0.481 e. The van der Waals surface area contributed by atoms with E-state index in [-0.39, 0.29) is 44.9 Å². The lowest BCUT2D eigenvalue weighted by Gasteiger charge is -2.26. The third-order valence-corrected chi connectivity index (χ3v) is 9.86. The molecule has 270 valence electrons. The Labute approximate surface area is 310 Å². The highest BCUT2D eigenvalue weighted by Crippen LogP contribution is 2.20. The second-order valence-corrected chi connectivity index (χ2v) is 14.2. The summed E-state index contributed by atoms with van der Waals surface area (Å²) in [6, 6.07) is 22.6. The average Bonchev–Trinajstić information content (AvgIpc) is 3.64. The van der Waals surface area contributed by atoms with Gasteiger partial charge >= 0.3 is 5.97 Å². The van der Waals surface area contributed by atoms with E-state index in [1.54, 1.807) is 72.8 Å². The molecule has 0 radical (unpaired) electrons. The quantitative estimate of drug-likeness (QED) is 0.173. The number of aliphatic carboxylic acids is 1. The SMILES string of the molecule is O=C1CCC(=O)N[C@H](Cc2cccs2)C(=O)N[C@@H](Cc2ccc(Cl)cc2)C(=O)N[C@H](Cc2ccccc2)C(=O)C[C@H](C(=O)O)Cc2ccc(cc2)N1. The molecule has 6 rings (SSSR count). The van der Waals surface area contributed by atoms with Crippen LogP contribution in [0.4, 0.5) is 5.69 Å². The zero-order chi connectivity index (χ0) is 37.0. The van der Waals surface area contributed by atoms with E-state index in [1.165, 1.54) is 11.3 Å². The Balaban J connectivity index is 1.50. The third kappa shape index (κ3) is 11.3. The van der Waals surface area contributed by atoms with Crippen LogP contribution in [-0.2, 0) is 54.5 Å². The van der Waals surface area contributed by atoms with E-state index in [2.05, 4.69) is 21.3 Å². The molecule has 0 aliphatic carbocycles. The molecule has 52 heavy (non-hydrogen) atoms. The van der Waals surface area contributed by atoms with Crippen molar-refractivity contribution in [2.24, 2.45) is 5.92 Å². The summed E-state index contributed by atoms with van der Waals surface area (Å²) in [7, 11) is 0. The van der Waals surface area contributed by atoms with Crippen molar-refractivity contribution in [3.05, 3.63) is 123 Å². The number of rotatable bonds is 7. The highest BCUT2D eigenvalue weighted by molar-refractivity contribution is 7.09. The Morgan fingerprint density at radius 3 is 1.94 bits per heavy atom. The molecule has 1 aromatic heterocycles. The van der Waals surface area contributed by atoms with Crippen molar-refractivity contribution in [3.63, 3.8) is 0 Å². The smallest absolute Gasteiger partial charge is 0.307 e. The monoisotopic (exact) mass is 742 g/mol. The summed E-state index contributed by atoms with van der Waals surface area (Å²) in [4.78, 5) is 81.1. The van der Waals surface area contributed by atoms with Crippen LogP contribution in [0.2, 0.25) is 5.02 Å². The van der Waals surface area contributed by atoms with Crippen molar-refractivity contribution in [1.29, 1.82) is 0 Å². The number of anilines is 1. The van der Waals surface area contributed by atoms with Crippen LogP contribution < -0.4 is 21.3 Å². The number of hydrogen-bond donors (Lipinski definition) is 5. The van der Waals surface area contributed by atoms with Gasteiger partial charge in [-0.05, 0) is 65.2 Å². The van der Waals surface area contributed by atoms with Gasteiger partial charge in [0.05, 0.1) is 12.0 Å². The van der Waals surface area contributed by atoms with Crippen molar-refractivity contribution >= 4 is 64.0 Å². The van der Waals surface area contributed by atoms with Crippen LogP contribution in [0.25, 0.3) is 0 Å². The molecule has 4 atom stereocenters. The van der Waals surface area contributed by atoms with E-state index in [1.807, 2.05) is 23.6 Å². The number of thiophene rings is 1. The number of benzene rings is 3. The summed E-state index contributed by atoms with van der Waals surface area (Å²) in [5.74, 6) is -5.01. The van der Waals surface area contributed by atoms with Gasteiger partial charge in [-0.1, -0.05) is 72.3 Å². The van der Waals surface area contributed by atoms with Crippen LogP contribution >= 0.6 is 22.9 Å². The molecular weight excluding hydrogens is 704 g/mol. The van der Waals surface area contributed by atoms with Gasteiger partial charge in [0.2, 0.25) is 23.6 Å². The fourth-order valence-electron chi connectivity index (χ4n) is 5.90. The summed E-state index contributed by atoms with van der Waals surface area (Å²) < 4.78 is 0. The first-order valence-electron chi connectivity index (χ1n) is 16.9. The van der Waals surface area contributed by atoms with Gasteiger partial charge in [0, 0.05) is 47.7 Å². The molecule has 4 amide bonds. The first-order valence-corrected chi connectivity index (χ1v) is 18.1. The predicted octanol–water partition coefficient (Wildman–Crippen LogP) is 4.52. The van der Waals surface area contributed by atoms with E-state index >= 15 is 0 Å². The van der Waals surface area contributed by atoms with Gasteiger partial charge in [-0.15, -0.1) is 11.3 Å². The maximum absolute atomic E-state index is 14.2. The molecule has 2 bridgehead atoms. The maximum Gasteiger partial charge on any atom is 0.307 e. The number of carboxylic acids is 1.